The second kappa shape index (κ2) is 7.02. The summed E-state index contributed by atoms with van der Waals surface area (Å²) in [4.78, 5) is 12.4. The molecule has 4 nitrogen and oxygen atoms in total. The van der Waals surface area contributed by atoms with Crippen LogP contribution in [0.4, 0.5) is 0 Å². The zero-order valence-electron chi connectivity index (χ0n) is 13.8. The highest BCUT2D eigenvalue weighted by atomic mass is 16.1. The maximum atomic E-state index is 12.4. The third-order valence-corrected chi connectivity index (χ3v) is 3.10. The van der Waals surface area contributed by atoms with Crippen molar-refractivity contribution >= 4 is 0 Å². The number of rotatable bonds is 6. The molecule has 0 atom stereocenters. The number of nitrogens with one attached hydrogen (secondary N) is 1. The standard InChI is InChI=1S/C16H29N3O/c1-7-8-17-10-13-9-14(16(4,5)6)18-19(15(13)20)11-12(2)3/h9,12,17H,7-8,10-11H2,1-6H3. The Hall–Kier alpha value is -1.16. The maximum absolute atomic E-state index is 12.4. The predicted octanol–water partition coefficient (Wildman–Crippen LogP) is 2.70. The van der Waals surface area contributed by atoms with Gasteiger partial charge in [0.2, 0.25) is 0 Å². The van der Waals surface area contributed by atoms with Gasteiger partial charge in [0.15, 0.2) is 0 Å². The Morgan fingerprint density at radius 3 is 2.50 bits per heavy atom. The molecular formula is C16H29N3O. The molecule has 0 unspecified atom stereocenters. The van der Waals surface area contributed by atoms with Crippen LogP contribution in [0.2, 0.25) is 0 Å². The first-order valence-electron chi connectivity index (χ1n) is 7.58. The van der Waals surface area contributed by atoms with Gasteiger partial charge < -0.3 is 5.32 Å². The van der Waals surface area contributed by atoms with E-state index in [-0.39, 0.29) is 11.0 Å². The van der Waals surface area contributed by atoms with Crippen LogP contribution in [0.25, 0.3) is 0 Å². The summed E-state index contributed by atoms with van der Waals surface area (Å²) in [7, 11) is 0. The molecular weight excluding hydrogens is 250 g/mol. The first-order chi connectivity index (χ1) is 9.25. The van der Waals surface area contributed by atoms with Gasteiger partial charge in [-0.05, 0) is 24.9 Å². The molecule has 1 rings (SSSR count). The van der Waals surface area contributed by atoms with E-state index in [9.17, 15) is 4.79 Å². The molecule has 1 N–H and O–H groups in total. The van der Waals surface area contributed by atoms with Gasteiger partial charge in [-0.15, -0.1) is 0 Å². The molecule has 0 aromatic carbocycles. The van der Waals surface area contributed by atoms with Crippen LogP contribution in [-0.2, 0) is 18.5 Å². The van der Waals surface area contributed by atoms with E-state index in [1.54, 1.807) is 4.68 Å². The normalized spacial score (nSPS) is 12.2. The Labute approximate surface area is 122 Å². The average molecular weight is 279 g/mol. The molecule has 0 aliphatic rings. The number of hydrogen-bond donors (Lipinski definition) is 1. The van der Waals surface area contributed by atoms with Crippen molar-refractivity contribution in [3.63, 3.8) is 0 Å². The monoisotopic (exact) mass is 279 g/mol. The summed E-state index contributed by atoms with van der Waals surface area (Å²) >= 11 is 0. The molecule has 114 valence electrons. The summed E-state index contributed by atoms with van der Waals surface area (Å²) in [6.45, 7) is 14.9. The smallest absolute Gasteiger partial charge is 0.271 e. The summed E-state index contributed by atoms with van der Waals surface area (Å²) in [6, 6.07) is 1.96. The van der Waals surface area contributed by atoms with E-state index in [0.29, 0.717) is 19.0 Å². The molecule has 20 heavy (non-hydrogen) atoms. The highest BCUT2D eigenvalue weighted by Gasteiger charge is 2.19. The molecule has 0 fully saturated rings. The van der Waals surface area contributed by atoms with E-state index in [1.807, 2.05) is 6.07 Å². The van der Waals surface area contributed by atoms with Gasteiger partial charge >= 0.3 is 0 Å². The topological polar surface area (TPSA) is 46.9 Å². The lowest BCUT2D eigenvalue weighted by Gasteiger charge is -2.21. The molecule has 1 aromatic rings. The van der Waals surface area contributed by atoms with Crippen molar-refractivity contribution in [1.29, 1.82) is 0 Å². The SMILES string of the molecule is CCCNCc1cc(C(C)(C)C)nn(CC(C)C)c1=O. The van der Waals surface area contributed by atoms with Crippen LogP contribution in [0.1, 0.15) is 59.2 Å². The minimum absolute atomic E-state index is 0.0373. The molecule has 0 amide bonds. The minimum atomic E-state index is -0.0497. The Kier molecular flexibility index (Phi) is 5.93. The second-order valence-electron chi connectivity index (χ2n) is 6.86. The first kappa shape index (κ1) is 16.9. The van der Waals surface area contributed by atoms with Gasteiger partial charge in [-0.3, -0.25) is 4.79 Å². The van der Waals surface area contributed by atoms with Gasteiger partial charge in [0, 0.05) is 24.1 Å². The van der Waals surface area contributed by atoms with Gasteiger partial charge in [0.05, 0.1) is 5.69 Å². The number of hydrogen-bond acceptors (Lipinski definition) is 3. The van der Waals surface area contributed by atoms with E-state index in [4.69, 9.17) is 0 Å². The molecule has 0 spiro atoms. The van der Waals surface area contributed by atoms with Crippen molar-refractivity contribution in [1.82, 2.24) is 15.1 Å². The lowest BCUT2D eigenvalue weighted by atomic mass is 9.91. The van der Waals surface area contributed by atoms with Crippen LogP contribution in [0, 0.1) is 5.92 Å². The van der Waals surface area contributed by atoms with E-state index < -0.39 is 0 Å². The molecule has 0 bridgehead atoms. The molecule has 0 aliphatic heterocycles. The second-order valence-corrected chi connectivity index (χ2v) is 6.86. The quantitative estimate of drug-likeness (QED) is 0.814. The zero-order chi connectivity index (χ0) is 15.3. The lowest BCUT2D eigenvalue weighted by molar-refractivity contribution is 0.434. The van der Waals surface area contributed by atoms with Crippen LogP contribution < -0.4 is 10.9 Å². The third kappa shape index (κ3) is 4.75. The number of aromatic nitrogens is 2. The maximum Gasteiger partial charge on any atom is 0.271 e. The molecule has 0 saturated heterocycles. The van der Waals surface area contributed by atoms with Crippen molar-refractivity contribution < 1.29 is 0 Å². The molecule has 1 heterocycles. The zero-order valence-corrected chi connectivity index (χ0v) is 13.8. The van der Waals surface area contributed by atoms with E-state index in [1.165, 1.54) is 0 Å². The summed E-state index contributed by atoms with van der Waals surface area (Å²) < 4.78 is 1.63. The minimum Gasteiger partial charge on any atom is -0.312 e. The van der Waals surface area contributed by atoms with Crippen LogP contribution in [0.3, 0.4) is 0 Å². The van der Waals surface area contributed by atoms with Crippen molar-refractivity contribution in [3.8, 4) is 0 Å². The molecule has 0 aliphatic carbocycles. The molecule has 4 heteroatoms. The van der Waals surface area contributed by atoms with E-state index >= 15 is 0 Å². The Bertz CT molecular complexity index is 483. The fraction of sp³-hybridized carbons (Fsp3) is 0.750. The fourth-order valence-corrected chi connectivity index (χ4v) is 1.96. The van der Waals surface area contributed by atoms with Gasteiger partial charge in [0.1, 0.15) is 0 Å². The Morgan fingerprint density at radius 1 is 1.35 bits per heavy atom. The van der Waals surface area contributed by atoms with Crippen LogP contribution >= 0.6 is 0 Å². The average Bonchev–Trinajstić information content (AvgIpc) is 2.32. The summed E-state index contributed by atoms with van der Waals surface area (Å²) in [6.07, 6.45) is 1.07. The third-order valence-electron chi connectivity index (χ3n) is 3.10. The summed E-state index contributed by atoms with van der Waals surface area (Å²) in [5.41, 5.74) is 1.78. The Balaban J connectivity index is 3.17. The lowest BCUT2D eigenvalue weighted by Crippen LogP contribution is -2.33. The van der Waals surface area contributed by atoms with Crippen LogP contribution in [0.15, 0.2) is 10.9 Å². The van der Waals surface area contributed by atoms with E-state index in [0.717, 1.165) is 24.2 Å². The van der Waals surface area contributed by atoms with Crippen molar-refractivity contribution in [2.45, 2.75) is 66.5 Å². The summed E-state index contributed by atoms with van der Waals surface area (Å²) in [5, 5.41) is 7.86. The highest BCUT2D eigenvalue weighted by Crippen LogP contribution is 2.19. The fourth-order valence-electron chi connectivity index (χ4n) is 1.96. The molecule has 0 saturated carbocycles. The van der Waals surface area contributed by atoms with Gasteiger partial charge in [-0.2, -0.15) is 5.10 Å². The highest BCUT2D eigenvalue weighted by molar-refractivity contribution is 5.19. The Morgan fingerprint density at radius 2 is 2.00 bits per heavy atom. The van der Waals surface area contributed by atoms with Crippen molar-refractivity contribution in [2.24, 2.45) is 5.92 Å². The van der Waals surface area contributed by atoms with Gasteiger partial charge in [-0.1, -0.05) is 41.5 Å². The molecule has 1 aromatic heterocycles. The van der Waals surface area contributed by atoms with E-state index in [2.05, 4.69) is 52.0 Å². The van der Waals surface area contributed by atoms with Crippen molar-refractivity contribution in [2.75, 3.05) is 6.54 Å². The van der Waals surface area contributed by atoms with Gasteiger partial charge in [-0.25, -0.2) is 4.68 Å². The van der Waals surface area contributed by atoms with Crippen LogP contribution in [-0.4, -0.2) is 16.3 Å². The largest absolute Gasteiger partial charge is 0.312 e. The number of nitrogens with zero attached hydrogens (tertiary/aromatic N) is 2. The summed E-state index contributed by atoms with van der Waals surface area (Å²) in [5.74, 6) is 0.409. The predicted molar refractivity (Wildman–Crippen MR) is 84.0 cm³/mol. The first-order valence-corrected chi connectivity index (χ1v) is 7.58. The molecule has 0 radical (unpaired) electrons. The van der Waals surface area contributed by atoms with Crippen molar-refractivity contribution in [3.05, 3.63) is 27.7 Å². The van der Waals surface area contributed by atoms with Gasteiger partial charge in [0.25, 0.3) is 5.56 Å². The van der Waals surface area contributed by atoms with Crippen LogP contribution in [0.5, 0.6) is 0 Å².